The molecular weight excluding hydrogens is 640 g/mol. The van der Waals surface area contributed by atoms with Crippen LogP contribution in [-0.4, -0.2) is 46.4 Å². The molecule has 5 rings (SSSR count). The zero-order valence-electron chi connectivity index (χ0n) is 30.2. The number of hydrogen-bond acceptors (Lipinski definition) is 7. The molecule has 10 nitrogen and oxygen atoms in total. The molecule has 0 saturated heterocycles. The lowest BCUT2D eigenvalue weighted by Crippen LogP contribution is -2.39. The van der Waals surface area contributed by atoms with Gasteiger partial charge in [-0.05, 0) is 56.2 Å². The van der Waals surface area contributed by atoms with Crippen molar-refractivity contribution in [2.75, 3.05) is 11.9 Å². The number of nitrogens with two attached hydrogens (primary N) is 1. The summed E-state index contributed by atoms with van der Waals surface area (Å²) in [7, 11) is -1.22. The van der Waals surface area contributed by atoms with Crippen LogP contribution in [0.5, 0.6) is 0 Å². The van der Waals surface area contributed by atoms with Crippen LogP contribution in [0.15, 0.2) is 16.7 Å². The van der Waals surface area contributed by atoms with E-state index >= 15 is 4.39 Å². The van der Waals surface area contributed by atoms with Gasteiger partial charge in [0.1, 0.15) is 24.0 Å². The van der Waals surface area contributed by atoms with E-state index in [0.717, 1.165) is 63.1 Å². The van der Waals surface area contributed by atoms with Gasteiger partial charge in [0.15, 0.2) is 5.76 Å². The molecule has 1 unspecified atom stereocenters. The van der Waals surface area contributed by atoms with Crippen LogP contribution >= 0.6 is 0 Å². The van der Waals surface area contributed by atoms with Crippen LogP contribution in [-0.2, 0) is 22.7 Å². The Morgan fingerprint density at radius 3 is 2.24 bits per heavy atom. The smallest absolute Gasteiger partial charge is 0.254 e. The van der Waals surface area contributed by atoms with Gasteiger partial charge < -0.3 is 20.3 Å². The third kappa shape index (κ3) is 8.68. The van der Waals surface area contributed by atoms with Crippen LogP contribution in [0, 0.1) is 37.5 Å². The van der Waals surface area contributed by atoms with Crippen LogP contribution in [0.4, 0.5) is 10.2 Å². The molecule has 3 aromatic heterocycles. The Balaban J connectivity index is 1.45. The average molecular weight is 695 g/mol. The van der Waals surface area contributed by atoms with Gasteiger partial charge in [-0.1, -0.05) is 95.9 Å². The lowest BCUT2D eigenvalue weighted by atomic mass is 9.63. The topological polar surface area (TPSA) is 138 Å². The van der Waals surface area contributed by atoms with Crippen LogP contribution in [0.1, 0.15) is 110 Å². The minimum absolute atomic E-state index is 0.0652. The molecule has 3 N–H and O–H groups in total. The van der Waals surface area contributed by atoms with E-state index in [-0.39, 0.29) is 40.8 Å². The van der Waals surface area contributed by atoms with Gasteiger partial charge >= 0.3 is 0 Å². The summed E-state index contributed by atoms with van der Waals surface area (Å²) in [6, 6.07) is 4.31. The number of aromatic nitrogens is 4. The van der Waals surface area contributed by atoms with Crippen LogP contribution in [0.25, 0.3) is 11.1 Å². The van der Waals surface area contributed by atoms with Crippen molar-refractivity contribution >= 4 is 25.7 Å². The highest BCUT2D eigenvalue weighted by Gasteiger charge is 2.45. The van der Waals surface area contributed by atoms with Crippen molar-refractivity contribution in [3.05, 3.63) is 46.5 Å². The van der Waals surface area contributed by atoms with E-state index in [0.29, 0.717) is 42.3 Å². The Labute approximate surface area is 291 Å². The Kier molecular flexibility index (Phi) is 12.1. The van der Waals surface area contributed by atoms with Gasteiger partial charge in [-0.15, -0.1) is 0 Å². The fraction of sp³-hybridized carbons (Fsp3) is 0.649. The highest BCUT2D eigenvalue weighted by molar-refractivity contribution is 6.76. The monoisotopic (exact) mass is 694 g/mol. The molecule has 1 atom stereocenters. The maximum atomic E-state index is 15.9. The minimum Gasteiger partial charge on any atom is -0.365 e. The van der Waals surface area contributed by atoms with Crippen LogP contribution < -0.4 is 11.1 Å². The summed E-state index contributed by atoms with van der Waals surface area (Å²) in [5.74, 6) is -1.71. The Hall–Kier alpha value is -3.38. The second kappa shape index (κ2) is 16.1. The van der Waals surface area contributed by atoms with Crippen molar-refractivity contribution in [1.82, 2.24) is 19.9 Å². The summed E-state index contributed by atoms with van der Waals surface area (Å²) in [6.07, 6.45) is 11.3. The van der Waals surface area contributed by atoms with Crippen molar-refractivity contribution in [3.8, 4) is 11.1 Å². The molecule has 2 fully saturated rings. The molecule has 49 heavy (non-hydrogen) atoms. The number of carbonyl (C=O) groups is 2. The molecule has 2 aliphatic carbocycles. The maximum absolute atomic E-state index is 15.9. The van der Waals surface area contributed by atoms with Gasteiger partial charge in [0.25, 0.3) is 5.91 Å². The van der Waals surface area contributed by atoms with Gasteiger partial charge in [-0.25, -0.2) is 9.67 Å². The average Bonchev–Trinajstić information content (AvgIpc) is 3.62. The molecule has 0 radical (unpaired) electrons. The van der Waals surface area contributed by atoms with Crippen molar-refractivity contribution < 1.29 is 23.2 Å². The second-order valence-electron chi connectivity index (χ2n) is 15.4. The standard InChI is InChI=1S/C37H55FN6O4Si/c1-7-28-32(36(39)45)34(48-43-28)33(31(25-14-10-8-11-15-25)26-16-12-9-13-17-26)37(46)41-29-19-18-27(35(38)40-29)30-23(2)42-44(24(30)3)22-47-20-21-49(4,5)6/h18-19,25-26,31,33H,7-17,20-22H2,1-6H3,(H2,39,45)(H,40,41,46). The maximum Gasteiger partial charge on any atom is 0.254 e. The molecule has 0 aliphatic heterocycles. The Morgan fingerprint density at radius 1 is 1.06 bits per heavy atom. The third-order valence-electron chi connectivity index (χ3n) is 10.7. The number of anilines is 1. The van der Waals surface area contributed by atoms with Gasteiger partial charge in [-0.2, -0.15) is 9.49 Å². The van der Waals surface area contributed by atoms with Crippen molar-refractivity contribution in [3.63, 3.8) is 0 Å². The fourth-order valence-electron chi connectivity index (χ4n) is 8.13. The highest BCUT2D eigenvalue weighted by Crippen LogP contribution is 2.48. The molecule has 268 valence electrons. The van der Waals surface area contributed by atoms with E-state index in [1.54, 1.807) is 16.8 Å². The Bertz CT molecular complexity index is 1580. The molecule has 0 aromatic carbocycles. The number of pyridine rings is 1. The van der Waals surface area contributed by atoms with Crippen molar-refractivity contribution in [1.29, 1.82) is 0 Å². The van der Waals surface area contributed by atoms with E-state index in [4.69, 9.17) is 15.0 Å². The third-order valence-corrected chi connectivity index (χ3v) is 12.4. The molecule has 0 spiro atoms. The molecule has 12 heteroatoms. The zero-order valence-corrected chi connectivity index (χ0v) is 31.2. The first kappa shape index (κ1) is 36.9. The van der Waals surface area contributed by atoms with Gasteiger partial charge in [0, 0.05) is 31.5 Å². The second-order valence-corrected chi connectivity index (χ2v) is 21.0. The summed E-state index contributed by atoms with van der Waals surface area (Å²) < 4.78 is 29.4. The summed E-state index contributed by atoms with van der Waals surface area (Å²) in [6.45, 7) is 13.5. The SMILES string of the molecule is CCc1noc(C(C(=O)Nc2ccc(-c3c(C)nn(COCC[Si](C)(C)C)c3C)c(F)n2)C(C2CCCCC2)C2CCCCC2)c1C(N)=O. The first-order valence-corrected chi connectivity index (χ1v) is 22.0. The molecule has 3 aromatic rings. The lowest BCUT2D eigenvalue weighted by molar-refractivity contribution is -0.121. The normalized spacial score (nSPS) is 17.1. The summed E-state index contributed by atoms with van der Waals surface area (Å²) in [4.78, 5) is 31.6. The fourth-order valence-corrected chi connectivity index (χ4v) is 8.88. The van der Waals surface area contributed by atoms with Crippen molar-refractivity contribution in [2.24, 2.45) is 23.5 Å². The first-order chi connectivity index (χ1) is 23.4. The molecule has 2 amide bonds. The lowest BCUT2D eigenvalue weighted by Gasteiger charge is -2.41. The van der Waals surface area contributed by atoms with Crippen molar-refractivity contribution in [2.45, 2.75) is 130 Å². The number of halogens is 1. The largest absolute Gasteiger partial charge is 0.365 e. The number of nitrogens with zero attached hydrogens (tertiary/aromatic N) is 4. The quantitative estimate of drug-likeness (QED) is 0.0986. The first-order valence-electron chi connectivity index (χ1n) is 18.3. The predicted molar refractivity (Wildman–Crippen MR) is 191 cm³/mol. The van der Waals surface area contributed by atoms with E-state index < -0.39 is 25.8 Å². The highest BCUT2D eigenvalue weighted by atomic mass is 28.3. The number of aryl methyl sites for hydroxylation is 2. The van der Waals surface area contributed by atoms with Gasteiger partial charge in [0.05, 0.1) is 11.4 Å². The molecule has 3 heterocycles. The van der Waals surface area contributed by atoms with Gasteiger partial charge in [0.2, 0.25) is 11.9 Å². The van der Waals surface area contributed by atoms with E-state index in [1.165, 1.54) is 12.8 Å². The van der Waals surface area contributed by atoms with E-state index in [2.05, 4.69) is 40.2 Å². The van der Waals surface area contributed by atoms with Gasteiger partial charge in [-0.3, -0.25) is 9.59 Å². The number of carbonyl (C=O) groups excluding carboxylic acids is 2. The van der Waals surface area contributed by atoms with E-state index in [9.17, 15) is 9.59 Å². The molecule has 2 aliphatic rings. The number of rotatable bonds is 14. The number of hydrogen-bond donors (Lipinski definition) is 2. The number of primary amides is 1. The number of amides is 2. The summed E-state index contributed by atoms with van der Waals surface area (Å²) >= 11 is 0. The van der Waals surface area contributed by atoms with E-state index in [1.807, 2.05) is 20.8 Å². The number of nitrogens with one attached hydrogen (secondary N) is 1. The Morgan fingerprint density at radius 2 is 1.69 bits per heavy atom. The minimum atomic E-state index is -1.22. The molecule has 0 bridgehead atoms. The predicted octanol–water partition coefficient (Wildman–Crippen LogP) is 8.16. The van der Waals surface area contributed by atoms with Crippen LogP contribution in [0.3, 0.4) is 0 Å². The summed E-state index contributed by atoms with van der Waals surface area (Å²) in [5, 5.41) is 11.7. The zero-order chi connectivity index (χ0) is 35.3. The number of ether oxygens (including phenoxy) is 1. The molecule has 2 saturated carbocycles. The summed E-state index contributed by atoms with van der Waals surface area (Å²) in [5.41, 5.74) is 8.96. The molecular formula is C37H55FN6O4Si. The van der Waals surface area contributed by atoms with Crippen LogP contribution in [0.2, 0.25) is 25.7 Å².